The zero-order chi connectivity index (χ0) is 17.7. The van der Waals surface area contributed by atoms with Crippen LogP contribution in [0.25, 0.3) is 22.0 Å². The summed E-state index contributed by atoms with van der Waals surface area (Å²) < 4.78 is 39.6. The molecule has 1 N–H and O–H groups in total. The highest BCUT2D eigenvalue weighted by Gasteiger charge is 2.33. The van der Waals surface area contributed by atoms with Gasteiger partial charge in [0.2, 0.25) is 0 Å². The average Bonchev–Trinajstić information content (AvgIpc) is 2.61. The van der Waals surface area contributed by atoms with E-state index < -0.39 is 11.7 Å². The van der Waals surface area contributed by atoms with Crippen LogP contribution in [0.2, 0.25) is 0 Å². The van der Waals surface area contributed by atoms with Crippen molar-refractivity contribution in [2.24, 2.45) is 0 Å². The molecule has 0 aliphatic rings. The molecule has 0 bridgehead atoms. The molecule has 0 amide bonds. The maximum Gasteiger partial charge on any atom is 0.417 e. The summed E-state index contributed by atoms with van der Waals surface area (Å²) in [5.74, 6) is 0.560. The van der Waals surface area contributed by atoms with E-state index in [9.17, 15) is 13.2 Å². The molecule has 1 heterocycles. The number of nitrogens with zero attached hydrogens (tertiary/aromatic N) is 1. The van der Waals surface area contributed by atoms with E-state index in [0.29, 0.717) is 11.5 Å². The Kier molecular flexibility index (Phi) is 5.44. The third-order valence-electron chi connectivity index (χ3n) is 3.49. The number of hydrogen-bond donors (Lipinski definition) is 1. The molecule has 24 heavy (non-hydrogen) atoms. The minimum absolute atomic E-state index is 0.0808. The van der Waals surface area contributed by atoms with Crippen LogP contribution in [-0.2, 0) is 6.18 Å². The van der Waals surface area contributed by atoms with Crippen LogP contribution in [0, 0.1) is 0 Å². The maximum atomic E-state index is 13.2. The van der Waals surface area contributed by atoms with Gasteiger partial charge in [-0.3, -0.25) is 0 Å². The van der Waals surface area contributed by atoms with Crippen LogP contribution in [0.3, 0.4) is 0 Å². The second kappa shape index (κ2) is 7.34. The lowest BCUT2D eigenvalue weighted by atomic mass is 10.0. The van der Waals surface area contributed by atoms with Gasteiger partial charge >= 0.3 is 6.18 Å². The van der Waals surface area contributed by atoms with Gasteiger partial charge in [0.25, 0.3) is 0 Å². The first-order valence-corrected chi connectivity index (χ1v) is 7.75. The molecule has 0 atom stereocenters. The quantitative estimate of drug-likeness (QED) is 0.623. The van der Waals surface area contributed by atoms with E-state index in [1.165, 1.54) is 12.1 Å². The van der Waals surface area contributed by atoms with Gasteiger partial charge in [-0.1, -0.05) is 56.3 Å². The lowest BCUT2D eigenvalue weighted by Crippen LogP contribution is -2.07. The topological polar surface area (TPSA) is 24.9 Å². The van der Waals surface area contributed by atoms with E-state index >= 15 is 0 Å². The first kappa shape index (κ1) is 17.8. The molecule has 5 heteroatoms. The Morgan fingerprint density at radius 2 is 1.54 bits per heavy atom. The molecule has 3 aromatic rings. The first-order valence-electron chi connectivity index (χ1n) is 7.75. The Labute approximate surface area is 139 Å². The highest BCUT2D eigenvalue weighted by molar-refractivity contribution is 5.94. The van der Waals surface area contributed by atoms with Crippen LogP contribution in [0.15, 0.2) is 54.6 Å². The van der Waals surface area contributed by atoms with Crippen molar-refractivity contribution >= 4 is 16.6 Å². The molecule has 0 saturated carbocycles. The van der Waals surface area contributed by atoms with Crippen molar-refractivity contribution in [3.05, 3.63) is 60.2 Å². The van der Waals surface area contributed by atoms with Crippen molar-refractivity contribution in [3.63, 3.8) is 0 Å². The third kappa shape index (κ3) is 3.50. The molecule has 0 aliphatic heterocycles. The Morgan fingerprint density at radius 1 is 0.917 bits per heavy atom. The normalized spacial score (nSPS) is 10.9. The molecule has 2 aromatic carbocycles. The summed E-state index contributed by atoms with van der Waals surface area (Å²) in [7, 11) is 1.70. The Balaban J connectivity index is 0.00000100. The van der Waals surface area contributed by atoms with E-state index in [0.717, 1.165) is 16.8 Å². The van der Waals surface area contributed by atoms with Crippen LogP contribution in [0.5, 0.6) is 0 Å². The van der Waals surface area contributed by atoms with Gasteiger partial charge in [0.1, 0.15) is 5.82 Å². The zero-order valence-corrected chi connectivity index (χ0v) is 13.8. The molecule has 0 saturated heterocycles. The fourth-order valence-corrected chi connectivity index (χ4v) is 2.48. The van der Waals surface area contributed by atoms with E-state index in [1.54, 1.807) is 19.2 Å². The summed E-state index contributed by atoms with van der Waals surface area (Å²) in [5, 5.41) is 4.66. The van der Waals surface area contributed by atoms with Gasteiger partial charge in [0, 0.05) is 18.0 Å². The number of nitrogens with one attached hydrogen (secondary N) is 1. The number of rotatable bonds is 2. The van der Waals surface area contributed by atoms with Crippen LogP contribution in [0.4, 0.5) is 19.0 Å². The molecular weight excluding hydrogens is 313 g/mol. The molecule has 2 nitrogen and oxygen atoms in total. The maximum absolute atomic E-state index is 13.2. The van der Waals surface area contributed by atoms with Gasteiger partial charge in [0.15, 0.2) is 0 Å². The Hall–Kier alpha value is -2.56. The van der Waals surface area contributed by atoms with Gasteiger partial charge < -0.3 is 5.32 Å². The smallest absolute Gasteiger partial charge is 0.373 e. The standard InChI is InChI=1S/C17H13F3N2.C2H6/c1-21-16-12-7-3-2-6-11(12)10-15(22-16)13-8-4-5-9-14(13)17(18,19)20;1-2/h2-10H,1H3,(H,21,22);1-2H3. The zero-order valence-electron chi connectivity index (χ0n) is 13.8. The number of anilines is 1. The second-order valence-electron chi connectivity index (χ2n) is 4.87. The molecule has 3 rings (SSSR count). The fourth-order valence-electron chi connectivity index (χ4n) is 2.48. The highest BCUT2D eigenvalue weighted by atomic mass is 19.4. The summed E-state index contributed by atoms with van der Waals surface area (Å²) in [5.41, 5.74) is -0.298. The molecule has 0 radical (unpaired) electrons. The number of aromatic nitrogens is 1. The SMILES string of the molecule is CC.CNc1nc(-c2ccccc2C(F)(F)F)cc2ccccc12. The van der Waals surface area contributed by atoms with Gasteiger partial charge in [-0.05, 0) is 17.5 Å². The number of hydrogen-bond acceptors (Lipinski definition) is 2. The van der Waals surface area contributed by atoms with E-state index in [1.807, 2.05) is 38.1 Å². The van der Waals surface area contributed by atoms with Gasteiger partial charge in [-0.25, -0.2) is 4.98 Å². The summed E-state index contributed by atoms with van der Waals surface area (Å²) in [6, 6.07) is 14.6. The van der Waals surface area contributed by atoms with Crippen molar-refractivity contribution in [1.82, 2.24) is 4.98 Å². The minimum atomic E-state index is -4.41. The lowest BCUT2D eigenvalue weighted by Gasteiger charge is -2.14. The van der Waals surface area contributed by atoms with Crippen molar-refractivity contribution in [2.45, 2.75) is 20.0 Å². The predicted octanol–water partition coefficient (Wildman–Crippen LogP) is 5.99. The number of halogens is 3. The summed E-state index contributed by atoms with van der Waals surface area (Å²) in [4.78, 5) is 4.35. The Bertz CT molecular complexity index is 826. The fraction of sp³-hybridized carbons (Fsp3) is 0.211. The third-order valence-corrected chi connectivity index (χ3v) is 3.49. The van der Waals surface area contributed by atoms with Crippen LogP contribution >= 0.6 is 0 Å². The molecule has 0 fully saturated rings. The largest absolute Gasteiger partial charge is 0.417 e. The van der Waals surface area contributed by atoms with E-state index in [-0.39, 0.29) is 5.56 Å². The molecular formula is C19H19F3N2. The average molecular weight is 332 g/mol. The van der Waals surface area contributed by atoms with Crippen molar-refractivity contribution in [3.8, 4) is 11.3 Å². The summed E-state index contributed by atoms with van der Waals surface area (Å²) >= 11 is 0. The number of pyridine rings is 1. The van der Waals surface area contributed by atoms with Crippen LogP contribution < -0.4 is 5.32 Å². The van der Waals surface area contributed by atoms with Gasteiger partial charge in [-0.2, -0.15) is 13.2 Å². The minimum Gasteiger partial charge on any atom is -0.373 e. The lowest BCUT2D eigenvalue weighted by molar-refractivity contribution is -0.137. The van der Waals surface area contributed by atoms with Gasteiger partial charge in [-0.15, -0.1) is 0 Å². The molecule has 0 spiro atoms. The van der Waals surface area contributed by atoms with Crippen molar-refractivity contribution < 1.29 is 13.2 Å². The molecule has 0 aliphatic carbocycles. The number of fused-ring (bicyclic) bond motifs is 1. The van der Waals surface area contributed by atoms with Crippen LogP contribution in [0.1, 0.15) is 19.4 Å². The summed E-state index contributed by atoms with van der Waals surface area (Å²) in [6.45, 7) is 4.00. The first-order chi connectivity index (χ1) is 11.5. The molecule has 126 valence electrons. The van der Waals surface area contributed by atoms with E-state index in [4.69, 9.17) is 0 Å². The monoisotopic (exact) mass is 332 g/mol. The van der Waals surface area contributed by atoms with Gasteiger partial charge in [0.05, 0.1) is 11.3 Å². The highest BCUT2D eigenvalue weighted by Crippen LogP contribution is 2.37. The molecule has 0 unspecified atom stereocenters. The second-order valence-corrected chi connectivity index (χ2v) is 4.87. The Morgan fingerprint density at radius 3 is 2.21 bits per heavy atom. The predicted molar refractivity (Wildman–Crippen MR) is 93.1 cm³/mol. The van der Waals surface area contributed by atoms with Crippen LogP contribution in [-0.4, -0.2) is 12.0 Å². The van der Waals surface area contributed by atoms with Crippen molar-refractivity contribution in [1.29, 1.82) is 0 Å². The number of alkyl halides is 3. The van der Waals surface area contributed by atoms with E-state index in [2.05, 4.69) is 10.3 Å². The molecule has 1 aromatic heterocycles. The number of benzene rings is 2. The van der Waals surface area contributed by atoms with Crippen molar-refractivity contribution in [2.75, 3.05) is 12.4 Å². The summed E-state index contributed by atoms with van der Waals surface area (Å²) in [6.07, 6.45) is -4.41.